The van der Waals surface area contributed by atoms with Crippen LogP contribution >= 0.6 is 0 Å². The number of anilines is 2. The van der Waals surface area contributed by atoms with Gasteiger partial charge in [-0.1, -0.05) is 103 Å². The van der Waals surface area contributed by atoms with Crippen LogP contribution in [-0.4, -0.2) is 16.2 Å². The summed E-state index contributed by atoms with van der Waals surface area (Å²) in [6.45, 7) is 21.0. The highest BCUT2D eigenvalue weighted by Gasteiger charge is 2.27. The summed E-state index contributed by atoms with van der Waals surface area (Å²) < 4.78 is 8.90. The Morgan fingerprint density at radius 1 is 0.600 bits per heavy atom. The molecule has 0 saturated carbocycles. The van der Waals surface area contributed by atoms with Gasteiger partial charge in [0.1, 0.15) is 17.3 Å². The summed E-state index contributed by atoms with van der Waals surface area (Å²) in [5.41, 5.74) is 13.7. The van der Waals surface area contributed by atoms with E-state index in [4.69, 9.17) is 9.72 Å². The smallest absolute Gasteiger partial charge is 0.137 e. The number of benzene rings is 5. The van der Waals surface area contributed by atoms with E-state index in [0.717, 1.165) is 40.7 Å². The lowest BCUT2D eigenvalue weighted by Gasteiger charge is -2.25. The van der Waals surface area contributed by atoms with Gasteiger partial charge in [0.05, 0.1) is 17.7 Å². The van der Waals surface area contributed by atoms with Crippen LogP contribution in [0.1, 0.15) is 90.8 Å². The van der Waals surface area contributed by atoms with Crippen molar-refractivity contribution in [2.75, 3.05) is 16.5 Å². The maximum Gasteiger partial charge on any atom is 0.137 e. The molecule has 0 unspecified atom stereocenters. The zero-order chi connectivity index (χ0) is 38.6. The molecule has 0 N–H and O–H groups in total. The number of hydrogen-bond acceptors (Lipinski definition) is 4. The van der Waals surface area contributed by atoms with Gasteiger partial charge in [-0.15, -0.1) is 0 Å². The molecule has 8 rings (SSSR count). The van der Waals surface area contributed by atoms with Crippen LogP contribution in [0.3, 0.4) is 0 Å². The molecule has 0 radical (unpaired) electrons. The number of hydrogen-bond donors (Lipinski definition) is 0. The summed E-state index contributed by atoms with van der Waals surface area (Å²) in [7, 11) is 0. The van der Waals surface area contributed by atoms with E-state index in [1.165, 1.54) is 55.7 Å². The van der Waals surface area contributed by atoms with Crippen LogP contribution in [-0.2, 0) is 5.41 Å². The van der Waals surface area contributed by atoms with Gasteiger partial charge in [0.2, 0.25) is 0 Å². The summed E-state index contributed by atoms with van der Waals surface area (Å²) in [6, 6.07) is 43.7. The maximum atomic E-state index is 6.64. The number of rotatable bonds is 8. The Balaban J connectivity index is 1.07. The average molecular weight is 725 g/mol. The van der Waals surface area contributed by atoms with Crippen molar-refractivity contribution in [3.8, 4) is 28.4 Å². The van der Waals surface area contributed by atoms with Crippen LogP contribution < -0.4 is 14.5 Å². The third kappa shape index (κ3) is 6.67. The molecule has 1 aliphatic heterocycles. The Morgan fingerprint density at radius 2 is 1.24 bits per heavy atom. The number of pyridine rings is 1. The van der Waals surface area contributed by atoms with Crippen LogP contribution in [0.25, 0.3) is 38.8 Å². The highest BCUT2D eigenvalue weighted by atomic mass is 16.5. The van der Waals surface area contributed by atoms with E-state index < -0.39 is 0 Å². The van der Waals surface area contributed by atoms with E-state index >= 15 is 0 Å². The lowest BCUT2D eigenvalue weighted by molar-refractivity contribution is 0.483. The predicted molar refractivity (Wildman–Crippen MR) is 232 cm³/mol. The van der Waals surface area contributed by atoms with Gasteiger partial charge in [0, 0.05) is 51.9 Å². The van der Waals surface area contributed by atoms with Crippen molar-refractivity contribution in [2.45, 2.75) is 79.6 Å². The predicted octanol–water partition coefficient (Wildman–Crippen LogP) is 13.7. The van der Waals surface area contributed by atoms with E-state index in [-0.39, 0.29) is 5.41 Å². The van der Waals surface area contributed by atoms with E-state index in [1.54, 1.807) is 0 Å². The van der Waals surface area contributed by atoms with E-state index in [9.17, 15) is 0 Å². The zero-order valence-corrected chi connectivity index (χ0v) is 33.7. The van der Waals surface area contributed by atoms with Crippen molar-refractivity contribution in [3.05, 3.63) is 156 Å². The second-order valence-electron chi connectivity index (χ2n) is 16.6. The third-order valence-corrected chi connectivity index (χ3v) is 11.3. The molecule has 0 amide bonds. The summed E-state index contributed by atoms with van der Waals surface area (Å²) in [5.74, 6) is 3.40. The van der Waals surface area contributed by atoms with Gasteiger partial charge in [0.25, 0.3) is 0 Å². The van der Waals surface area contributed by atoms with Crippen LogP contribution in [0, 0.1) is 0 Å². The molecule has 5 heteroatoms. The first kappa shape index (κ1) is 36.2. The number of fused-ring (bicyclic) bond motifs is 3. The quantitative estimate of drug-likeness (QED) is 0.156. The minimum atomic E-state index is 0.0106. The summed E-state index contributed by atoms with van der Waals surface area (Å²) in [6.07, 6.45) is 1.92. The van der Waals surface area contributed by atoms with Crippen molar-refractivity contribution in [1.29, 1.82) is 0 Å². The molecule has 0 spiro atoms. The lowest BCUT2D eigenvalue weighted by atomic mass is 9.85. The topological polar surface area (TPSA) is 33.5 Å². The van der Waals surface area contributed by atoms with Crippen LogP contribution in [0.5, 0.6) is 11.5 Å². The minimum Gasteiger partial charge on any atom is -0.457 e. The summed E-state index contributed by atoms with van der Waals surface area (Å²) in [4.78, 5) is 9.63. The fourth-order valence-electron chi connectivity index (χ4n) is 8.11. The molecule has 1 aliphatic rings. The second kappa shape index (κ2) is 14.1. The highest BCUT2D eigenvalue weighted by molar-refractivity contribution is 6.09. The molecule has 0 bridgehead atoms. The van der Waals surface area contributed by atoms with Crippen molar-refractivity contribution in [3.63, 3.8) is 0 Å². The first-order valence-corrected chi connectivity index (χ1v) is 19.6. The molecule has 0 saturated heterocycles. The van der Waals surface area contributed by atoms with Gasteiger partial charge in [-0.2, -0.15) is 0 Å². The fourth-order valence-corrected chi connectivity index (χ4v) is 8.11. The average Bonchev–Trinajstić information content (AvgIpc) is 3.67. The largest absolute Gasteiger partial charge is 0.457 e. The Kier molecular flexibility index (Phi) is 9.29. The third-order valence-electron chi connectivity index (χ3n) is 11.3. The lowest BCUT2D eigenvalue weighted by Crippen LogP contribution is -2.27. The molecule has 5 nitrogen and oxygen atoms in total. The first-order valence-electron chi connectivity index (χ1n) is 19.6. The van der Waals surface area contributed by atoms with E-state index in [2.05, 4.69) is 192 Å². The number of para-hydroxylation sites is 1. The molecule has 55 heavy (non-hydrogen) atoms. The van der Waals surface area contributed by atoms with E-state index in [1.807, 2.05) is 12.3 Å². The van der Waals surface area contributed by atoms with Gasteiger partial charge < -0.3 is 14.5 Å². The van der Waals surface area contributed by atoms with Crippen molar-refractivity contribution >= 4 is 33.2 Å². The SMILES string of the molecule is CC1=C(C)N(c2cccc(Oc3ccc4c5ccccc5n(-c5cc(C(C)(C)C)ccn5)c4c3)c2)CN1c1ccc(-c2c(C(C)C)cccc2C(C)C)cc1. The van der Waals surface area contributed by atoms with E-state index in [0.29, 0.717) is 11.8 Å². The van der Waals surface area contributed by atoms with Gasteiger partial charge >= 0.3 is 0 Å². The van der Waals surface area contributed by atoms with Crippen molar-refractivity contribution in [1.82, 2.24) is 9.55 Å². The molecule has 7 aromatic rings. The zero-order valence-electron chi connectivity index (χ0n) is 33.7. The normalized spacial score (nSPS) is 13.7. The Bertz CT molecular complexity index is 2540. The van der Waals surface area contributed by atoms with Gasteiger partial charge in [-0.05, 0) is 114 Å². The van der Waals surface area contributed by atoms with Crippen molar-refractivity contribution < 1.29 is 4.74 Å². The molecular formula is C50H52N4O. The van der Waals surface area contributed by atoms with Gasteiger partial charge in [-0.25, -0.2) is 4.98 Å². The second-order valence-corrected chi connectivity index (χ2v) is 16.6. The van der Waals surface area contributed by atoms with Crippen molar-refractivity contribution in [2.24, 2.45) is 0 Å². The number of ether oxygens (including phenoxy) is 1. The molecule has 0 aliphatic carbocycles. The molecule has 0 atom stereocenters. The van der Waals surface area contributed by atoms with Crippen LogP contribution in [0.4, 0.5) is 11.4 Å². The number of allylic oxidation sites excluding steroid dienone is 2. The minimum absolute atomic E-state index is 0.0106. The summed E-state index contributed by atoms with van der Waals surface area (Å²) >= 11 is 0. The van der Waals surface area contributed by atoms with Gasteiger partial charge in [-0.3, -0.25) is 4.57 Å². The Morgan fingerprint density at radius 3 is 1.93 bits per heavy atom. The Labute approximate surface area is 326 Å². The molecule has 2 aromatic heterocycles. The number of nitrogens with zero attached hydrogens (tertiary/aromatic N) is 4. The Hall–Kier alpha value is -5.81. The maximum absolute atomic E-state index is 6.64. The van der Waals surface area contributed by atoms with Gasteiger partial charge in [0.15, 0.2) is 0 Å². The number of aromatic nitrogens is 2. The van der Waals surface area contributed by atoms with Crippen LogP contribution in [0.2, 0.25) is 0 Å². The molecule has 3 heterocycles. The molecule has 5 aromatic carbocycles. The fraction of sp³-hybridized carbons (Fsp3) is 0.260. The molecule has 0 fully saturated rings. The first-order chi connectivity index (χ1) is 26.4. The molecule has 278 valence electrons. The monoisotopic (exact) mass is 724 g/mol. The van der Waals surface area contributed by atoms with Crippen LogP contribution in [0.15, 0.2) is 139 Å². The highest BCUT2D eigenvalue weighted by Crippen LogP contribution is 2.40. The molecular weight excluding hydrogens is 673 g/mol. The standard InChI is InChI=1S/C50H52N4O/c1-32(2)42-17-13-18-43(33(3)4)49(42)36-20-22-38(23-21-36)52-31-53(35(6)34(52)5)39-14-12-15-40(29-39)55-41-24-25-45-44-16-10-11-19-46(44)54(47(45)30-41)48-28-37(26-27-51-48)50(7,8)9/h10-30,32-33H,31H2,1-9H3. The summed E-state index contributed by atoms with van der Waals surface area (Å²) in [5, 5.41) is 2.37.